The van der Waals surface area contributed by atoms with Crippen molar-refractivity contribution in [1.29, 1.82) is 5.26 Å². The number of hydrogen-bond acceptors (Lipinski definition) is 5. The number of benzene rings is 2. The lowest BCUT2D eigenvalue weighted by Gasteiger charge is -2.33. The minimum absolute atomic E-state index is 0.0119. The van der Waals surface area contributed by atoms with Gasteiger partial charge in [0.15, 0.2) is 6.54 Å². The number of hydrogen-bond donors (Lipinski definition) is 2. The van der Waals surface area contributed by atoms with Crippen molar-refractivity contribution in [3.05, 3.63) is 48.5 Å². The van der Waals surface area contributed by atoms with Gasteiger partial charge in [-0.3, -0.25) is 4.79 Å². The number of ether oxygens (including phenoxy) is 1. The average molecular weight is 398 g/mol. The molecular formula is C21H25N4O2S+. The third-order valence-corrected chi connectivity index (χ3v) is 5.71. The van der Waals surface area contributed by atoms with Gasteiger partial charge in [-0.25, -0.2) is 0 Å². The summed E-state index contributed by atoms with van der Waals surface area (Å²) in [5.74, 6) is 1.24. The number of piperazine rings is 1. The molecule has 7 heteroatoms. The number of carbonyl (C=O) groups excluding carboxylic acids is 1. The summed E-state index contributed by atoms with van der Waals surface area (Å²) in [6.07, 6.45) is 0. The van der Waals surface area contributed by atoms with E-state index < -0.39 is 0 Å². The summed E-state index contributed by atoms with van der Waals surface area (Å²) >= 11 is 1.44. The van der Waals surface area contributed by atoms with Crippen LogP contribution in [0.5, 0.6) is 5.75 Å². The lowest BCUT2D eigenvalue weighted by molar-refractivity contribution is -0.892. The fraction of sp³-hybridized carbons (Fsp3) is 0.333. The number of carbonyl (C=O) groups is 1. The molecule has 1 aliphatic heterocycles. The number of nitrogens with one attached hydrogen (secondary N) is 2. The summed E-state index contributed by atoms with van der Waals surface area (Å²) in [4.78, 5) is 17.0. The molecule has 0 aromatic heterocycles. The van der Waals surface area contributed by atoms with Crippen LogP contribution in [0.4, 0.5) is 11.4 Å². The van der Waals surface area contributed by atoms with Gasteiger partial charge in [0.1, 0.15) is 5.75 Å². The third kappa shape index (κ3) is 5.41. The second-order valence-electron chi connectivity index (χ2n) is 6.60. The molecule has 1 fully saturated rings. The first-order valence-electron chi connectivity index (χ1n) is 9.31. The van der Waals surface area contributed by atoms with Crippen molar-refractivity contribution < 1.29 is 14.4 Å². The van der Waals surface area contributed by atoms with Crippen molar-refractivity contribution in [2.75, 3.05) is 55.8 Å². The lowest BCUT2D eigenvalue weighted by atomic mass is 10.2. The van der Waals surface area contributed by atoms with Crippen LogP contribution in [0.2, 0.25) is 0 Å². The maximum absolute atomic E-state index is 12.5. The monoisotopic (exact) mass is 397 g/mol. The smallest absolute Gasteiger partial charge is 0.279 e. The van der Waals surface area contributed by atoms with Gasteiger partial charge in [-0.2, -0.15) is 5.26 Å². The van der Waals surface area contributed by atoms with Crippen molar-refractivity contribution in [2.24, 2.45) is 0 Å². The molecular weight excluding hydrogens is 372 g/mol. The van der Waals surface area contributed by atoms with E-state index in [1.54, 1.807) is 7.11 Å². The highest BCUT2D eigenvalue weighted by Gasteiger charge is 2.22. The normalized spacial score (nSPS) is 14.4. The molecule has 0 atom stereocenters. The van der Waals surface area contributed by atoms with Crippen LogP contribution < -0.4 is 19.9 Å². The zero-order valence-corrected chi connectivity index (χ0v) is 16.8. The van der Waals surface area contributed by atoms with Crippen molar-refractivity contribution in [2.45, 2.75) is 4.90 Å². The molecule has 2 aromatic rings. The highest BCUT2D eigenvalue weighted by Crippen LogP contribution is 2.26. The number of amides is 1. The Bertz CT molecular complexity index is 827. The van der Waals surface area contributed by atoms with Crippen molar-refractivity contribution >= 4 is 29.0 Å². The number of methoxy groups -OCH3 is 1. The average Bonchev–Trinajstić information content (AvgIpc) is 2.74. The first kappa shape index (κ1) is 20.1. The largest absolute Gasteiger partial charge is 0.497 e. The maximum atomic E-state index is 12.5. The van der Waals surface area contributed by atoms with Gasteiger partial charge in [-0.15, -0.1) is 11.8 Å². The Hall–Kier alpha value is -2.69. The fourth-order valence-electron chi connectivity index (χ4n) is 3.28. The molecule has 2 N–H and O–H groups in total. The Morgan fingerprint density at radius 1 is 1.21 bits per heavy atom. The predicted octanol–water partition coefficient (Wildman–Crippen LogP) is 1.65. The van der Waals surface area contributed by atoms with Gasteiger partial charge in [-0.05, 0) is 36.4 Å². The third-order valence-electron chi connectivity index (χ3n) is 4.77. The van der Waals surface area contributed by atoms with Crippen LogP contribution in [-0.4, -0.2) is 51.5 Å². The molecule has 3 rings (SSSR count). The SMILES string of the molecule is COc1ccc(N2CC[NH+](CC(=O)Nc3ccccc3SCC#N)CC2)cc1. The van der Waals surface area contributed by atoms with E-state index in [4.69, 9.17) is 10.00 Å². The van der Waals surface area contributed by atoms with E-state index in [2.05, 4.69) is 28.4 Å². The van der Waals surface area contributed by atoms with Gasteiger partial charge in [0.25, 0.3) is 5.91 Å². The fourth-order valence-corrected chi connectivity index (χ4v) is 3.95. The predicted molar refractivity (Wildman–Crippen MR) is 112 cm³/mol. The Morgan fingerprint density at radius 2 is 1.93 bits per heavy atom. The van der Waals surface area contributed by atoms with E-state index in [-0.39, 0.29) is 5.91 Å². The minimum Gasteiger partial charge on any atom is -0.497 e. The molecule has 1 aliphatic rings. The van der Waals surface area contributed by atoms with Crippen molar-refractivity contribution in [1.82, 2.24) is 0 Å². The molecule has 0 aliphatic carbocycles. The van der Waals surface area contributed by atoms with Gasteiger partial charge in [0.2, 0.25) is 0 Å². The molecule has 1 heterocycles. The van der Waals surface area contributed by atoms with E-state index in [0.717, 1.165) is 42.5 Å². The Kier molecular flexibility index (Phi) is 7.18. The van der Waals surface area contributed by atoms with Crippen LogP contribution in [0.1, 0.15) is 0 Å². The van der Waals surface area contributed by atoms with E-state index >= 15 is 0 Å². The Labute approximate surface area is 170 Å². The van der Waals surface area contributed by atoms with Gasteiger partial charge in [-0.1, -0.05) is 12.1 Å². The molecule has 146 valence electrons. The molecule has 2 aromatic carbocycles. The molecule has 1 amide bonds. The standard InChI is InChI=1S/C21H24N4O2S/c1-27-18-8-6-17(7-9-18)25-13-11-24(12-14-25)16-21(26)23-19-4-2-3-5-20(19)28-15-10-22/h2-9H,11-16H2,1H3,(H,23,26)/p+1. The van der Waals surface area contributed by atoms with Gasteiger partial charge < -0.3 is 19.9 Å². The van der Waals surface area contributed by atoms with Crippen molar-refractivity contribution in [3.8, 4) is 11.8 Å². The van der Waals surface area contributed by atoms with Gasteiger partial charge in [0, 0.05) is 10.6 Å². The molecule has 0 radical (unpaired) electrons. The van der Waals surface area contributed by atoms with Gasteiger partial charge >= 0.3 is 0 Å². The number of para-hydroxylation sites is 1. The lowest BCUT2D eigenvalue weighted by Crippen LogP contribution is -3.15. The Balaban J connectivity index is 1.49. The molecule has 0 spiro atoms. The van der Waals surface area contributed by atoms with E-state index in [9.17, 15) is 4.79 Å². The van der Waals surface area contributed by atoms with Crippen LogP contribution >= 0.6 is 11.8 Å². The number of quaternary nitrogens is 1. The minimum atomic E-state index is 0.0119. The zero-order valence-electron chi connectivity index (χ0n) is 16.0. The molecule has 0 bridgehead atoms. The van der Waals surface area contributed by atoms with E-state index in [1.165, 1.54) is 22.3 Å². The number of anilines is 2. The zero-order chi connectivity index (χ0) is 19.8. The Morgan fingerprint density at radius 3 is 2.61 bits per heavy atom. The summed E-state index contributed by atoms with van der Waals surface area (Å²) in [6, 6.07) is 17.8. The first-order chi connectivity index (χ1) is 13.7. The molecule has 28 heavy (non-hydrogen) atoms. The van der Waals surface area contributed by atoms with Crippen LogP contribution in [0.15, 0.2) is 53.4 Å². The number of nitrogens with zero attached hydrogens (tertiary/aromatic N) is 2. The van der Waals surface area contributed by atoms with Crippen molar-refractivity contribution in [3.63, 3.8) is 0 Å². The summed E-state index contributed by atoms with van der Waals surface area (Å²) in [7, 11) is 1.67. The topological polar surface area (TPSA) is 69.8 Å². The quantitative estimate of drug-likeness (QED) is 0.696. The molecule has 0 saturated carbocycles. The van der Waals surface area contributed by atoms with Crippen LogP contribution in [0.3, 0.4) is 0 Å². The van der Waals surface area contributed by atoms with E-state index in [1.807, 2.05) is 36.4 Å². The maximum Gasteiger partial charge on any atom is 0.279 e. The number of nitriles is 1. The molecule has 0 unspecified atom stereocenters. The summed E-state index contributed by atoms with van der Waals surface area (Å²) < 4.78 is 5.21. The second kappa shape index (κ2) is 10.0. The highest BCUT2D eigenvalue weighted by molar-refractivity contribution is 7.99. The number of thioether (sulfide) groups is 1. The van der Waals surface area contributed by atoms with E-state index in [0.29, 0.717) is 12.3 Å². The first-order valence-corrected chi connectivity index (χ1v) is 10.3. The molecule has 1 saturated heterocycles. The number of rotatable bonds is 7. The molecule has 6 nitrogen and oxygen atoms in total. The highest BCUT2D eigenvalue weighted by atomic mass is 32.2. The summed E-state index contributed by atoms with van der Waals surface area (Å²) in [5, 5.41) is 11.8. The second-order valence-corrected chi connectivity index (χ2v) is 7.62. The summed E-state index contributed by atoms with van der Waals surface area (Å²) in [5.41, 5.74) is 1.97. The van der Waals surface area contributed by atoms with Crippen LogP contribution in [0, 0.1) is 11.3 Å². The van der Waals surface area contributed by atoms with Crippen LogP contribution in [-0.2, 0) is 4.79 Å². The van der Waals surface area contributed by atoms with Crippen LogP contribution in [0.25, 0.3) is 0 Å². The summed E-state index contributed by atoms with van der Waals surface area (Å²) in [6.45, 7) is 4.13. The van der Waals surface area contributed by atoms with Gasteiger partial charge in [0.05, 0.1) is 50.8 Å².